The number of halogens is 4. The summed E-state index contributed by atoms with van der Waals surface area (Å²) < 4.78 is 86.6. The van der Waals surface area contributed by atoms with Gasteiger partial charge in [0, 0.05) is 46.2 Å². The van der Waals surface area contributed by atoms with Crippen molar-refractivity contribution in [1.29, 1.82) is 0 Å². The van der Waals surface area contributed by atoms with Gasteiger partial charge in [0.05, 0.1) is 13.2 Å². The zero-order chi connectivity index (χ0) is 64.0. The monoisotopic (exact) mass is 1240 g/mol. The molecule has 0 spiro atoms. The van der Waals surface area contributed by atoms with E-state index in [4.69, 9.17) is 18.9 Å². The van der Waals surface area contributed by atoms with E-state index in [-0.39, 0.29) is 47.0 Å². The summed E-state index contributed by atoms with van der Waals surface area (Å²) in [6, 6.07) is 59.5. The van der Waals surface area contributed by atoms with Crippen LogP contribution in [0.3, 0.4) is 0 Å². The van der Waals surface area contributed by atoms with E-state index in [0.29, 0.717) is 59.8 Å². The molecule has 0 saturated carbocycles. The molecule has 0 amide bonds. The first-order valence-corrected chi connectivity index (χ1v) is 33.1. The maximum Gasteiger partial charge on any atom is 0.311 e. The van der Waals surface area contributed by atoms with Gasteiger partial charge >= 0.3 is 11.9 Å². The van der Waals surface area contributed by atoms with Gasteiger partial charge < -0.3 is 18.9 Å². The van der Waals surface area contributed by atoms with E-state index in [2.05, 4.69) is 50.2 Å². The van der Waals surface area contributed by atoms with Gasteiger partial charge in [0.2, 0.25) is 0 Å². The number of unbranched alkanes of at least 4 members (excludes halogenated alkanes) is 12. The van der Waals surface area contributed by atoms with E-state index in [1.54, 1.807) is 72.8 Å². The maximum atomic E-state index is 15.5. The molecule has 0 aliphatic carbocycles. The van der Waals surface area contributed by atoms with Crippen molar-refractivity contribution in [2.75, 3.05) is 13.2 Å². The molecule has 92 heavy (non-hydrogen) atoms. The van der Waals surface area contributed by atoms with Gasteiger partial charge in [-0.2, -0.15) is 0 Å². The normalized spacial score (nSPS) is 11.3. The van der Waals surface area contributed by atoms with Crippen LogP contribution in [-0.4, -0.2) is 25.2 Å². The van der Waals surface area contributed by atoms with E-state index in [0.717, 1.165) is 108 Å². The molecule has 0 radical (unpaired) electrons. The van der Waals surface area contributed by atoms with Crippen LogP contribution in [0.5, 0.6) is 23.0 Å². The van der Waals surface area contributed by atoms with Gasteiger partial charge in [-0.15, -0.1) is 0 Å². The first-order valence-electron chi connectivity index (χ1n) is 33.1. The van der Waals surface area contributed by atoms with Crippen molar-refractivity contribution in [3.8, 4) is 78.6 Å². The number of carbonyl (C=O) groups excluding carboxylic acids is 2. The van der Waals surface area contributed by atoms with Gasteiger partial charge in [-0.25, -0.2) is 17.6 Å². The van der Waals surface area contributed by atoms with Crippen LogP contribution in [0.2, 0.25) is 0 Å². The summed E-state index contributed by atoms with van der Waals surface area (Å²) in [5.41, 5.74) is 7.19. The molecule has 6 nitrogen and oxygen atoms in total. The molecule has 0 saturated heterocycles. The molecule has 0 fully saturated rings. The van der Waals surface area contributed by atoms with Crippen LogP contribution in [0.25, 0.3) is 77.2 Å². The van der Waals surface area contributed by atoms with E-state index >= 15 is 17.6 Å². The Kier molecular flexibility index (Phi) is 23.9. The third kappa shape index (κ3) is 17.3. The number of hydrogen-bond acceptors (Lipinski definition) is 6. The Bertz CT molecular complexity index is 3780. The van der Waals surface area contributed by atoms with Gasteiger partial charge in [-0.05, 0) is 143 Å². The van der Waals surface area contributed by atoms with Crippen LogP contribution < -0.4 is 18.9 Å². The number of benzene rings is 10. The highest BCUT2D eigenvalue weighted by atomic mass is 19.2. The number of aryl methyl sites for hydroxylation is 2. The lowest BCUT2D eigenvalue weighted by Crippen LogP contribution is -2.07. The van der Waals surface area contributed by atoms with Crippen molar-refractivity contribution in [3.05, 3.63) is 229 Å². The van der Waals surface area contributed by atoms with Gasteiger partial charge in [0.1, 0.15) is 23.0 Å². The molecule has 474 valence electrons. The molecule has 0 aromatic heterocycles. The van der Waals surface area contributed by atoms with E-state index < -0.39 is 23.3 Å². The fourth-order valence-electron chi connectivity index (χ4n) is 12.0. The fraction of sp³-hybridized carbons (Fsp3) is 0.293. The number of hydrogen-bond donors (Lipinski definition) is 0. The van der Waals surface area contributed by atoms with Gasteiger partial charge in [0.15, 0.2) is 23.3 Å². The van der Waals surface area contributed by atoms with Gasteiger partial charge in [-0.1, -0.05) is 236 Å². The lowest BCUT2D eigenvalue weighted by atomic mass is 9.92. The third-order valence-electron chi connectivity index (χ3n) is 17.2. The Hall–Kier alpha value is -9.02. The quantitative estimate of drug-likeness (QED) is 0.0177. The summed E-state index contributed by atoms with van der Waals surface area (Å²) in [7, 11) is 0. The standard InChI is InChI=1S/C82H82F4O6/c1-3-5-7-13-23-57-31-35-61(36-32-57)69-49-51-71(81(85)79(69)83)63-39-45-65(46-40-63)91-75(87)29-15-9-11-21-55-89-73-53-43-59-25-17-19-27-67(59)77(73)78-68-28-20-18-26-60(68)44-54-74(78)90-56-22-12-10-16-30-76(88)92-66-47-41-64(42-48-66)72-52-50-70(80(84)82(72)86)62-37-33-58(34-38-62)24-14-8-6-4-2/h17-20,25-28,31-54H,3-16,21-24,29-30,55-56H2,1-2H3. The van der Waals surface area contributed by atoms with Crippen molar-refractivity contribution >= 4 is 33.5 Å². The van der Waals surface area contributed by atoms with Crippen molar-refractivity contribution in [2.45, 2.75) is 142 Å². The number of ether oxygens (including phenoxy) is 4. The van der Waals surface area contributed by atoms with Crippen LogP contribution in [0.1, 0.15) is 141 Å². The zero-order valence-electron chi connectivity index (χ0n) is 53.0. The minimum absolute atomic E-state index is 0.133. The van der Waals surface area contributed by atoms with Crippen LogP contribution in [-0.2, 0) is 22.4 Å². The molecule has 10 heteroatoms. The lowest BCUT2D eigenvalue weighted by Gasteiger charge is -2.20. The predicted octanol–water partition coefficient (Wildman–Crippen LogP) is 23.0. The number of rotatable bonds is 33. The largest absolute Gasteiger partial charge is 0.493 e. The highest BCUT2D eigenvalue weighted by Crippen LogP contribution is 2.46. The Morgan fingerprint density at radius 2 is 0.652 bits per heavy atom. The molecule has 0 heterocycles. The highest BCUT2D eigenvalue weighted by Gasteiger charge is 2.22. The van der Waals surface area contributed by atoms with E-state index in [9.17, 15) is 9.59 Å². The van der Waals surface area contributed by atoms with Crippen molar-refractivity contribution in [2.24, 2.45) is 0 Å². The second-order valence-corrected chi connectivity index (χ2v) is 23.9. The minimum Gasteiger partial charge on any atom is -0.493 e. The molecule has 0 aliphatic heterocycles. The Balaban J connectivity index is 0.666. The molecule has 10 rings (SSSR count). The highest BCUT2D eigenvalue weighted by molar-refractivity contribution is 6.09. The molecule has 0 aliphatic rings. The summed E-state index contributed by atoms with van der Waals surface area (Å²) in [5.74, 6) is -2.19. The Labute approximate surface area is 539 Å². The Morgan fingerprint density at radius 1 is 0.326 bits per heavy atom. The predicted molar refractivity (Wildman–Crippen MR) is 365 cm³/mol. The number of esters is 2. The molecule has 0 atom stereocenters. The first-order chi connectivity index (χ1) is 45.1. The number of carbonyl (C=O) groups is 2. The molecular weight excluding hydrogens is 1160 g/mol. The summed E-state index contributed by atoms with van der Waals surface area (Å²) in [5, 5.41) is 4.23. The molecule has 10 aromatic carbocycles. The average molecular weight is 1240 g/mol. The summed E-state index contributed by atoms with van der Waals surface area (Å²) >= 11 is 0. The topological polar surface area (TPSA) is 71.1 Å². The molecule has 0 unspecified atom stereocenters. The van der Waals surface area contributed by atoms with E-state index in [1.807, 2.05) is 84.9 Å². The second-order valence-electron chi connectivity index (χ2n) is 23.9. The second kappa shape index (κ2) is 33.3. The van der Waals surface area contributed by atoms with Gasteiger partial charge in [-0.3, -0.25) is 9.59 Å². The van der Waals surface area contributed by atoms with E-state index in [1.165, 1.54) is 49.7 Å². The molecule has 10 aromatic rings. The Morgan fingerprint density at radius 3 is 1.01 bits per heavy atom. The van der Waals surface area contributed by atoms with Crippen molar-refractivity contribution < 1.29 is 46.1 Å². The summed E-state index contributed by atoms with van der Waals surface area (Å²) in [6.07, 6.45) is 17.9. The SMILES string of the molecule is CCCCCCc1ccc(-c2ccc(-c3ccc(OC(=O)CCCCCCOc4ccc5ccccc5c4-c4c(OCCCCCCC(=O)Oc5ccc(-c6ccc(-c7ccc(CCCCCC)cc7)c(F)c6F)cc5)ccc5ccccc45)cc3)c(F)c2F)cc1. The molecular formula is C82H82F4O6. The van der Waals surface area contributed by atoms with Gasteiger partial charge in [0.25, 0.3) is 0 Å². The van der Waals surface area contributed by atoms with Crippen LogP contribution in [0.15, 0.2) is 194 Å². The summed E-state index contributed by atoms with van der Waals surface area (Å²) in [4.78, 5) is 25.8. The minimum atomic E-state index is -0.923. The van der Waals surface area contributed by atoms with Crippen molar-refractivity contribution in [3.63, 3.8) is 0 Å². The zero-order valence-corrected chi connectivity index (χ0v) is 53.0. The fourth-order valence-corrected chi connectivity index (χ4v) is 12.0. The third-order valence-corrected chi connectivity index (χ3v) is 17.2. The number of fused-ring (bicyclic) bond motifs is 2. The van der Waals surface area contributed by atoms with Crippen LogP contribution in [0, 0.1) is 23.3 Å². The maximum absolute atomic E-state index is 15.5. The van der Waals surface area contributed by atoms with Crippen LogP contribution in [0.4, 0.5) is 17.6 Å². The summed E-state index contributed by atoms with van der Waals surface area (Å²) in [6.45, 7) is 5.31. The van der Waals surface area contributed by atoms with Crippen LogP contribution >= 0.6 is 0 Å². The molecule has 0 bridgehead atoms. The lowest BCUT2D eigenvalue weighted by molar-refractivity contribution is -0.135. The smallest absolute Gasteiger partial charge is 0.311 e. The molecule has 0 N–H and O–H groups in total. The van der Waals surface area contributed by atoms with Crippen molar-refractivity contribution in [1.82, 2.24) is 0 Å². The average Bonchev–Trinajstić information content (AvgIpc) is 0.796. The first kappa shape index (κ1) is 65.9.